The lowest BCUT2D eigenvalue weighted by molar-refractivity contribution is -0.130. The highest BCUT2D eigenvalue weighted by Crippen LogP contribution is 2.39. The standard InChI is InChI=1S/C28H22BrFN4O4/c1-15-26(35)34(13-12-16-2-11-21-22(14-16)32-28(36)31-21)27(37-15)24-23(17-5-9-20(30)10-6-17)33-25(38-24)18-3-7-19(29)8-4-18/h2-11,14-15,27H,12-13H2,1H3,(H2,31,32,36)/t15-,27-/m1/s1. The van der Waals surface area contributed by atoms with E-state index < -0.39 is 12.3 Å². The van der Waals surface area contributed by atoms with Crippen LogP contribution in [0.2, 0.25) is 0 Å². The lowest BCUT2D eigenvalue weighted by atomic mass is 10.1. The van der Waals surface area contributed by atoms with E-state index in [-0.39, 0.29) is 17.4 Å². The Bertz CT molecular complexity index is 1690. The zero-order valence-electron chi connectivity index (χ0n) is 20.2. The molecule has 0 radical (unpaired) electrons. The van der Waals surface area contributed by atoms with Gasteiger partial charge in [0.25, 0.3) is 5.91 Å². The van der Waals surface area contributed by atoms with Crippen molar-refractivity contribution in [3.63, 3.8) is 0 Å². The molecule has 38 heavy (non-hydrogen) atoms. The van der Waals surface area contributed by atoms with Crippen LogP contribution in [0, 0.1) is 5.82 Å². The average molecular weight is 577 g/mol. The predicted octanol–water partition coefficient (Wildman–Crippen LogP) is 5.57. The van der Waals surface area contributed by atoms with Crippen molar-refractivity contribution >= 4 is 32.9 Å². The third kappa shape index (κ3) is 4.57. The molecule has 3 aromatic carbocycles. The van der Waals surface area contributed by atoms with E-state index in [2.05, 4.69) is 25.9 Å². The maximum atomic E-state index is 13.7. The van der Waals surface area contributed by atoms with Crippen LogP contribution in [0.1, 0.15) is 24.5 Å². The first-order valence-corrected chi connectivity index (χ1v) is 12.8. The van der Waals surface area contributed by atoms with Crippen LogP contribution in [-0.2, 0) is 16.0 Å². The number of rotatable bonds is 6. The van der Waals surface area contributed by atoms with Crippen molar-refractivity contribution in [3.8, 4) is 22.7 Å². The fourth-order valence-electron chi connectivity index (χ4n) is 4.62. The first-order valence-electron chi connectivity index (χ1n) is 12.1. The van der Waals surface area contributed by atoms with Gasteiger partial charge in [-0.05, 0) is 79.6 Å². The molecule has 2 atom stereocenters. The summed E-state index contributed by atoms with van der Waals surface area (Å²) in [6.45, 7) is 2.06. The topological polar surface area (TPSA) is 104 Å². The van der Waals surface area contributed by atoms with Crippen LogP contribution in [0.5, 0.6) is 0 Å². The third-order valence-electron chi connectivity index (χ3n) is 6.56. The second-order valence-corrected chi connectivity index (χ2v) is 10.0. The van der Waals surface area contributed by atoms with Crippen LogP contribution in [-0.4, -0.2) is 38.4 Å². The average Bonchev–Trinajstić information content (AvgIpc) is 3.58. The van der Waals surface area contributed by atoms with Gasteiger partial charge in [-0.1, -0.05) is 22.0 Å². The van der Waals surface area contributed by atoms with Gasteiger partial charge in [-0.3, -0.25) is 4.79 Å². The molecule has 1 aliphatic rings. The molecule has 0 bridgehead atoms. The minimum absolute atomic E-state index is 0.169. The van der Waals surface area contributed by atoms with Gasteiger partial charge in [-0.15, -0.1) is 0 Å². The molecule has 3 heterocycles. The number of hydrogen-bond donors (Lipinski definition) is 2. The summed E-state index contributed by atoms with van der Waals surface area (Å²) in [5, 5.41) is 0. The van der Waals surface area contributed by atoms with Crippen LogP contribution >= 0.6 is 15.9 Å². The Labute approximate surface area is 224 Å². The number of aromatic nitrogens is 3. The number of carbonyl (C=O) groups excluding carboxylic acids is 1. The Morgan fingerprint density at radius 3 is 2.45 bits per heavy atom. The monoisotopic (exact) mass is 576 g/mol. The number of H-pyrrole nitrogens is 2. The molecular formula is C28H22BrFN4O4. The van der Waals surface area contributed by atoms with E-state index in [9.17, 15) is 14.0 Å². The van der Waals surface area contributed by atoms with Gasteiger partial charge in [-0.25, -0.2) is 14.2 Å². The molecule has 1 fully saturated rings. The first kappa shape index (κ1) is 24.3. The van der Waals surface area contributed by atoms with E-state index in [1.165, 1.54) is 12.1 Å². The third-order valence-corrected chi connectivity index (χ3v) is 7.08. The normalized spacial score (nSPS) is 17.6. The molecule has 0 spiro atoms. The molecular weight excluding hydrogens is 555 g/mol. The molecule has 192 valence electrons. The maximum Gasteiger partial charge on any atom is 0.323 e. The summed E-state index contributed by atoms with van der Waals surface area (Å²) < 4.78 is 27.0. The maximum absolute atomic E-state index is 13.7. The molecule has 0 aliphatic carbocycles. The zero-order valence-corrected chi connectivity index (χ0v) is 21.8. The minimum Gasteiger partial charge on any atom is -0.436 e. The van der Waals surface area contributed by atoms with Crippen molar-refractivity contribution in [2.24, 2.45) is 0 Å². The van der Waals surface area contributed by atoms with Crippen LogP contribution < -0.4 is 5.69 Å². The van der Waals surface area contributed by atoms with Crippen molar-refractivity contribution in [1.29, 1.82) is 0 Å². The summed E-state index contributed by atoms with van der Waals surface area (Å²) in [5.41, 5.74) is 3.98. The van der Waals surface area contributed by atoms with Gasteiger partial charge in [0, 0.05) is 22.1 Å². The van der Waals surface area contributed by atoms with Gasteiger partial charge in [0.2, 0.25) is 5.89 Å². The summed E-state index contributed by atoms with van der Waals surface area (Å²) in [6, 6.07) is 19.1. The van der Waals surface area contributed by atoms with Crippen LogP contribution in [0.25, 0.3) is 33.7 Å². The molecule has 2 aromatic heterocycles. The van der Waals surface area contributed by atoms with E-state index in [1.54, 1.807) is 24.0 Å². The second kappa shape index (κ2) is 9.70. The van der Waals surface area contributed by atoms with Crippen molar-refractivity contribution in [1.82, 2.24) is 19.9 Å². The number of halogens is 2. The SMILES string of the molecule is C[C@H]1O[C@H](c2oc(-c3ccc(Br)cc3)nc2-c2ccc(F)cc2)N(CCc2ccc3[nH]c(=O)[nH]c3c2)C1=O. The predicted molar refractivity (Wildman–Crippen MR) is 143 cm³/mol. The smallest absolute Gasteiger partial charge is 0.323 e. The Morgan fingerprint density at radius 2 is 1.68 bits per heavy atom. The van der Waals surface area contributed by atoms with Crippen molar-refractivity contribution < 1.29 is 18.3 Å². The van der Waals surface area contributed by atoms with Crippen molar-refractivity contribution in [2.75, 3.05) is 6.54 Å². The highest BCUT2D eigenvalue weighted by atomic mass is 79.9. The number of nitrogens with one attached hydrogen (secondary N) is 2. The summed E-state index contributed by atoms with van der Waals surface area (Å²) >= 11 is 3.44. The summed E-state index contributed by atoms with van der Waals surface area (Å²) in [5.74, 6) is 0.204. The highest BCUT2D eigenvalue weighted by Gasteiger charge is 2.42. The van der Waals surface area contributed by atoms with Gasteiger partial charge in [0.05, 0.1) is 11.0 Å². The Morgan fingerprint density at radius 1 is 0.974 bits per heavy atom. The van der Waals surface area contributed by atoms with Crippen molar-refractivity contribution in [2.45, 2.75) is 25.7 Å². The molecule has 0 saturated carbocycles. The number of ether oxygens (including phenoxy) is 1. The largest absolute Gasteiger partial charge is 0.436 e. The molecule has 2 N–H and O–H groups in total. The molecule has 5 aromatic rings. The lowest BCUT2D eigenvalue weighted by Crippen LogP contribution is -2.32. The number of nitrogens with zero attached hydrogens (tertiary/aromatic N) is 2. The number of oxazole rings is 1. The highest BCUT2D eigenvalue weighted by molar-refractivity contribution is 9.10. The summed E-state index contributed by atoms with van der Waals surface area (Å²) in [7, 11) is 0. The van der Waals surface area contributed by atoms with Crippen molar-refractivity contribution in [3.05, 3.63) is 98.8 Å². The number of imidazole rings is 1. The van der Waals surface area contributed by atoms with E-state index in [1.807, 2.05) is 42.5 Å². The summed E-state index contributed by atoms with van der Waals surface area (Å²) in [6.07, 6.45) is -0.961. The van der Waals surface area contributed by atoms with Gasteiger partial charge in [-0.2, -0.15) is 0 Å². The Balaban J connectivity index is 1.36. The fraction of sp³-hybridized carbons (Fsp3) is 0.179. The minimum atomic E-state index is -0.815. The van der Waals surface area contributed by atoms with Gasteiger partial charge in [0.1, 0.15) is 17.6 Å². The number of benzene rings is 3. The fourth-order valence-corrected chi connectivity index (χ4v) is 4.88. The van der Waals surface area contributed by atoms with Crippen LogP contribution in [0.4, 0.5) is 4.39 Å². The van der Waals surface area contributed by atoms with E-state index in [4.69, 9.17) is 14.1 Å². The van der Waals surface area contributed by atoms with Crippen LogP contribution in [0.15, 0.2) is 80.4 Å². The zero-order chi connectivity index (χ0) is 26.4. The number of hydrogen-bond acceptors (Lipinski definition) is 5. The Kier molecular flexibility index (Phi) is 6.21. The number of fused-ring (bicyclic) bond motifs is 1. The number of amides is 1. The number of carbonyl (C=O) groups is 1. The second-order valence-electron chi connectivity index (χ2n) is 9.12. The first-order chi connectivity index (χ1) is 18.4. The molecule has 6 rings (SSSR count). The molecule has 1 amide bonds. The molecule has 1 aliphatic heterocycles. The number of aromatic amines is 2. The van der Waals surface area contributed by atoms with E-state index in [0.29, 0.717) is 41.4 Å². The molecule has 10 heteroatoms. The molecule has 1 saturated heterocycles. The van der Waals surface area contributed by atoms with E-state index in [0.717, 1.165) is 21.1 Å². The Hall–Kier alpha value is -4.02. The van der Waals surface area contributed by atoms with Gasteiger partial charge in [0.15, 0.2) is 12.0 Å². The summed E-state index contributed by atoms with van der Waals surface area (Å²) in [4.78, 5) is 36.6. The molecule has 8 nitrogen and oxygen atoms in total. The van der Waals surface area contributed by atoms with E-state index >= 15 is 0 Å². The molecule has 0 unspecified atom stereocenters. The van der Waals surface area contributed by atoms with Gasteiger partial charge < -0.3 is 24.0 Å². The lowest BCUT2D eigenvalue weighted by Gasteiger charge is -2.22. The quantitative estimate of drug-likeness (QED) is 0.275. The van der Waals surface area contributed by atoms with Crippen LogP contribution in [0.3, 0.4) is 0 Å². The van der Waals surface area contributed by atoms with Gasteiger partial charge >= 0.3 is 5.69 Å².